The molecule has 210 valence electrons. The minimum absolute atomic E-state index is 0.449. The molecule has 0 atom stereocenters. The smallest absolute Gasteiger partial charge is 0.142 e. The predicted molar refractivity (Wildman–Crippen MR) is 141 cm³/mol. The third-order valence-corrected chi connectivity index (χ3v) is 5.03. The molecule has 36 heavy (non-hydrogen) atoms. The summed E-state index contributed by atoms with van der Waals surface area (Å²) in [4.78, 5) is 0. The maximum atomic E-state index is 5.81. The molecule has 0 aromatic heterocycles. The van der Waals surface area contributed by atoms with E-state index in [-0.39, 0.29) is 0 Å². The van der Waals surface area contributed by atoms with Crippen molar-refractivity contribution >= 4 is 5.69 Å². The van der Waals surface area contributed by atoms with E-state index in [1.54, 1.807) is 6.07 Å². The van der Waals surface area contributed by atoms with E-state index in [1.807, 2.05) is 18.2 Å². The summed E-state index contributed by atoms with van der Waals surface area (Å²) >= 11 is 0. The average Bonchev–Trinajstić information content (AvgIpc) is 2.89. The predicted octanol–water partition coefficient (Wildman–Crippen LogP) is 3.73. The molecule has 2 N–H and O–H groups in total. The van der Waals surface area contributed by atoms with Crippen molar-refractivity contribution in [3.8, 4) is 5.75 Å². The fourth-order valence-corrected chi connectivity index (χ4v) is 3.05. The second-order valence-electron chi connectivity index (χ2n) is 8.09. The molecule has 0 saturated heterocycles. The van der Waals surface area contributed by atoms with Gasteiger partial charge in [-0.15, -0.1) is 0 Å². The van der Waals surface area contributed by atoms with Gasteiger partial charge >= 0.3 is 0 Å². The van der Waals surface area contributed by atoms with E-state index < -0.39 is 0 Å². The lowest BCUT2D eigenvalue weighted by Crippen LogP contribution is -2.15. The Kier molecular flexibility index (Phi) is 24.1. The molecule has 9 nitrogen and oxygen atoms in total. The number of nitrogens with two attached hydrogens (primary N) is 1. The summed E-state index contributed by atoms with van der Waals surface area (Å²) in [6.45, 7) is 10.6. The van der Waals surface area contributed by atoms with E-state index >= 15 is 0 Å². The van der Waals surface area contributed by atoms with Crippen LogP contribution in [-0.4, -0.2) is 99.1 Å². The Morgan fingerprint density at radius 1 is 0.472 bits per heavy atom. The third kappa shape index (κ3) is 21.8. The van der Waals surface area contributed by atoms with Crippen LogP contribution < -0.4 is 10.5 Å². The maximum Gasteiger partial charge on any atom is 0.142 e. The topological polar surface area (TPSA) is 99.9 Å². The highest BCUT2D eigenvalue weighted by Gasteiger charge is 1.98. The Bertz CT molecular complexity index is 578. The van der Waals surface area contributed by atoms with Crippen molar-refractivity contribution in [2.45, 2.75) is 39.0 Å². The van der Waals surface area contributed by atoms with E-state index in [9.17, 15) is 0 Å². The zero-order valence-electron chi connectivity index (χ0n) is 22.3. The molecule has 9 heteroatoms. The monoisotopic (exact) mass is 515 g/mol. The number of hydrogen-bond donors (Lipinski definition) is 1. The van der Waals surface area contributed by atoms with Crippen molar-refractivity contribution in [3.05, 3.63) is 24.3 Å². The highest BCUT2D eigenvalue weighted by Crippen LogP contribution is 2.19. The van der Waals surface area contributed by atoms with Gasteiger partial charge in [-0.25, -0.2) is 0 Å². The van der Waals surface area contributed by atoms with E-state index in [1.165, 1.54) is 25.7 Å². The summed E-state index contributed by atoms with van der Waals surface area (Å²) in [6, 6.07) is 7.40. The van der Waals surface area contributed by atoms with Crippen molar-refractivity contribution in [2.24, 2.45) is 0 Å². The van der Waals surface area contributed by atoms with Gasteiger partial charge in [-0.3, -0.25) is 0 Å². The maximum absolute atomic E-state index is 5.81. The second kappa shape index (κ2) is 26.6. The number of para-hydroxylation sites is 2. The Morgan fingerprint density at radius 3 is 1.31 bits per heavy atom. The first-order chi connectivity index (χ1) is 17.8. The number of anilines is 1. The Hall–Kier alpha value is -1.46. The average molecular weight is 516 g/mol. The fourth-order valence-electron chi connectivity index (χ4n) is 3.05. The molecule has 1 aromatic rings. The Morgan fingerprint density at radius 2 is 0.861 bits per heavy atom. The minimum Gasteiger partial charge on any atom is -0.489 e. The zero-order chi connectivity index (χ0) is 25.8. The van der Waals surface area contributed by atoms with E-state index in [0.717, 1.165) is 13.0 Å². The molecule has 1 rings (SSSR count). The molecule has 0 aliphatic carbocycles. The van der Waals surface area contributed by atoms with Gasteiger partial charge in [0.15, 0.2) is 0 Å². The molecular weight excluding hydrogens is 466 g/mol. The van der Waals surface area contributed by atoms with Gasteiger partial charge < -0.3 is 43.6 Å². The van der Waals surface area contributed by atoms with Crippen LogP contribution in [0.2, 0.25) is 0 Å². The third-order valence-electron chi connectivity index (χ3n) is 5.03. The highest BCUT2D eigenvalue weighted by atomic mass is 16.6. The summed E-state index contributed by atoms with van der Waals surface area (Å²) in [5.74, 6) is 0.677. The number of hydrogen-bond acceptors (Lipinski definition) is 9. The molecule has 0 bridgehead atoms. The van der Waals surface area contributed by atoms with Crippen LogP contribution in [0.5, 0.6) is 5.75 Å². The zero-order valence-corrected chi connectivity index (χ0v) is 22.3. The molecule has 0 aliphatic heterocycles. The molecule has 0 aliphatic rings. The van der Waals surface area contributed by atoms with Crippen molar-refractivity contribution in [3.63, 3.8) is 0 Å². The summed E-state index contributed by atoms with van der Waals surface area (Å²) in [5.41, 5.74) is 6.43. The normalized spacial score (nSPS) is 11.2. The number of rotatable bonds is 28. The molecule has 0 heterocycles. The Balaban J connectivity index is 1.66. The van der Waals surface area contributed by atoms with Gasteiger partial charge in [0.2, 0.25) is 0 Å². The van der Waals surface area contributed by atoms with Gasteiger partial charge in [-0.05, 0) is 18.6 Å². The minimum atomic E-state index is 0.449. The van der Waals surface area contributed by atoms with Gasteiger partial charge in [-0.2, -0.15) is 0 Å². The number of benzene rings is 1. The molecule has 0 spiro atoms. The number of nitrogen functional groups attached to an aromatic ring is 1. The molecule has 0 unspecified atom stereocenters. The van der Waals surface area contributed by atoms with Crippen LogP contribution in [-0.2, 0) is 33.2 Å². The molecule has 0 radical (unpaired) electrons. The van der Waals surface area contributed by atoms with Crippen LogP contribution in [0, 0.1) is 0 Å². The molecule has 0 saturated carbocycles. The number of unbranched alkanes of at least 4 members (excludes halogenated alkanes) is 4. The van der Waals surface area contributed by atoms with Crippen molar-refractivity contribution < 1.29 is 37.9 Å². The lowest BCUT2D eigenvalue weighted by atomic mass is 10.2. The Labute approximate surface area is 217 Å². The summed E-state index contributed by atoms with van der Waals surface area (Å²) < 4.78 is 43.9. The van der Waals surface area contributed by atoms with Crippen LogP contribution >= 0.6 is 0 Å². The molecule has 0 amide bonds. The summed E-state index contributed by atoms with van der Waals surface area (Å²) in [6.07, 6.45) is 6.29. The van der Waals surface area contributed by atoms with E-state index in [4.69, 9.17) is 43.6 Å². The fraction of sp³-hybridized carbons (Fsp3) is 0.778. The highest BCUT2D eigenvalue weighted by molar-refractivity contribution is 5.51. The standard InChI is InChI=1S/C27H49NO8/c1-2-3-4-5-8-11-29-12-13-30-14-15-31-16-17-32-18-19-33-20-21-34-22-23-35-24-25-36-27-10-7-6-9-26(27)28/h6-7,9-10H,2-5,8,11-25,28H2,1H3. The molecule has 0 fully saturated rings. The largest absolute Gasteiger partial charge is 0.489 e. The first-order valence-corrected chi connectivity index (χ1v) is 13.4. The van der Waals surface area contributed by atoms with Crippen LogP contribution in [0.4, 0.5) is 5.69 Å². The lowest BCUT2D eigenvalue weighted by Gasteiger charge is -2.09. The van der Waals surface area contributed by atoms with Crippen LogP contribution in [0.1, 0.15) is 39.0 Å². The summed E-state index contributed by atoms with van der Waals surface area (Å²) in [5, 5.41) is 0. The van der Waals surface area contributed by atoms with E-state index in [0.29, 0.717) is 104 Å². The summed E-state index contributed by atoms with van der Waals surface area (Å²) in [7, 11) is 0. The van der Waals surface area contributed by atoms with Gasteiger partial charge in [0.25, 0.3) is 0 Å². The van der Waals surface area contributed by atoms with Gasteiger partial charge in [0.1, 0.15) is 12.4 Å². The van der Waals surface area contributed by atoms with Crippen molar-refractivity contribution in [2.75, 3.05) is 105 Å². The SMILES string of the molecule is CCCCCCCOCCOCCOCCOCCOCCOCCOCCOc1ccccc1N. The second-order valence-corrected chi connectivity index (χ2v) is 8.09. The first-order valence-electron chi connectivity index (χ1n) is 13.4. The van der Waals surface area contributed by atoms with E-state index in [2.05, 4.69) is 6.92 Å². The van der Waals surface area contributed by atoms with Gasteiger partial charge in [0.05, 0.1) is 91.6 Å². The van der Waals surface area contributed by atoms with Crippen LogP contribution in [0.15, 0.2) is 24.3 Å². The molecular formula is C27H49NO8. The van der Waals surface area contributed by atoms with Crippen molar-refractivity contribution in [1.82, 2.24) is 0 Å². The van der Waals surface area contributed by atoms with Gasteiger partial charge in [-0.1, -0.05) is 44.7 Å². The van der Waals surface area contributed by atoms with Gasteiger partial charge in [0, 0.05) is 6.61 Å². The van der Waals surface area contributed by atoms with Crippen molar-refractivity contribution in [1.29, 1.82) is 0 Å². The first kappa shape index (κ1) is 32.6. The lowest BCUT2D eigenvalue weighted by molar-refractivity contribution is -0.0212. The molecule has 1 aromatic carbocycles. The number of ether oxygens (including phenoxy) is 8. The van der Waals surface area contributed by atoms with Crippen LogP contribution in [0.25, 0.3) is 0 Å². The quantitative estimate of drug-likeness (QED) is 0.132. The van der Waals surface area contributed by atoms with Crippen LogP contribution in [0.3, 0.4) is 0 Å².